The van der Waals surface area contributed by atoms with Crippen LogP contribution in [-0.2, 0) is 4.79 Å². The summed E-state index contributed by atoms with van der Waals surface area (Å²) >= 11 is 0. The van der Waals surface area contributed by atoms with Crippen LogP contribution in [0.4, 0.5) is 17.1 Å². The highest BCUT2D eigenvalue weighted by molar-refractivity contribution is 6.09. The maximum atomic E-state index is 12.7. The Labute approximate surface area is 157 Å². The van der Waals surface area contributed by atoms with Gasteiger partial charge in [0.2, 0.25) is 5.91 Å². The van der Waals surface area contributed by atoms with Crippen LogP contribution in [0.3, 0.4) is 0 Å². The molecule has 1 fully saturated rings. The van der Waals surface area contributed by atoms with Crippen molar-refractivity contribution >= 4 is 28.9 Å². The molecule has 7 nitrogen and oxygen atoms in total. The fourth-order valence-electron chi connectivity index (χ4n) is 3.67. The zero-order valence-corrected chi connectivity index (χ0v) is 15.2. The number of hydrogen-bond donors (Lipinski definition) is 2. The highest BCUT2D eigenvalue weighted by Gasteiger charge is 2.36. The third kappa shape index (κ3) is 3.05. The number of fused-ring (bicyclic) bond motifs is 3. The first-order chi connectivity index (χ1) is 13.1. The number of benzene rings is 2. The van der Waals surface area contributed by atoms with E-state index in [0.717, 1.165) is 25.1 Å². The van der Waals surface area contributed by atoms with Crippen LogP contribution in [0.2, 0.25) is 0 Å². The van der Waals surface area contributed by atoms with Crippen LogP contribution in [0.25, 0.3) is 0 Å². The molecule has 0 aliphatic carbocycles. The van der Waals surface area contributed by atoms with Gasteiger partial charge in [0.25, 0.3) is 5.91 Å². The predicted octanol–water partition coefficient (Wildman–Crippen LogP) is 2.88. The molecule has 2 N–H and O–H groups in total. The maximum Gasteiger partial charge on any atom is 0.255 e. The third-order valence-corrected chi connectivity index (χ3v) is 5.04. The Kier molecular flexibility index (Phi) is 4.35. The van der Waals surface area contributed by atoms with Gasteiger partial charge in [0, 0.05) is 18.2 Å². The van der Waals surface area contributed by atoms with Gasteiger partial charge in [0.1, 0.15) is 17.5 Å². The van der Waals surface area contributed by atoms with E-state index in [2.05, 4.69) is 15.5 Å². The van der Waals surface area contributed by atoms with Crippen molar-refractivity contribution in [2.75, 3.05) is 36.3 Å². The summed E-state index contributed by atoms with van der Waals surface area (Å²) in [7, 11) is 3.10. The van der Waals surface area contributed by atoms with E-state index in [9.17, 15) is 9.59 Å². The van der Waals surface area contributed by atoms with Gasteiger partial charge < -0.3 is 25.0 Å². The molecule has 2 aliphatic rings. The molecule has 0 saturated carbocycles. The van der Waals surface area contributed by atoms with Gasteiger partial charge in [-0.05, 0) is 43.2 Å². The van der Waals surface area contributed by atoms with Crippen molar-refractivity contribution in [3.8, 4) is 11.5 Å². The monoisotopic (exact) mass is 367 g/mol. The van der Waals surface area contributed by atoms with E-state index in [-0.39, 0.29) is 17.9 Å². The second-order valence-corrected chi connectivity index (χ2v) is 6.59. The number of amides is 2. The molecule has 140 valence electrons. The highest BCUT2D eigenvalue weighted by Crippen LogP contribution is 2.37. The SMILES string of the molecule is COc1ccc(NC(=O)c2ccc3c(c2)NC(=O)[C@@H]2CCCN32)c(OC)c1. The topological polar surface area (TPSA) is 79.9 Å². The summed E-state index contributed by atoms with van der Waals surface area (Å²) in [5.41, 5.74) is 2.65. The number of carbonyl (C=O) groups is 2. The lowest BCUT2D eigenvalue weighted by Crippen LogP contribution is -2.43. The average molecular weight is 367 g/mol. The summed E-state index contributed by atoms with van der Waals surface area (Å²) in [5.74, 6) is 0.865. The molecule has 2 amide bonds. The van der Waals surface area contributed by atoms with Crippen LogP contribution < -0.4 is 25.0 Å². The van der Waals surface area contributed by atoms with Gasteiger partial charge >= 0.3 is 0 Å². The third-order valence-electron chi connectivity index (χ3n) is 5.04. The van der Waals surface area contributed by atoms with Gasteiger partial charge in [-0.25, -0.2) is 0 Å². The second kappa shape index (κ2) is 6.83. The normalized spacial score (nSPS) is 17.6. The zero-order valence-electron chi connectivity index (χ0n) is 15.2. The largest absolute Gasteiger partial charge is 0.497 e. The Morgan fingerprint density at radius 2 is 2.04 bits per heavy atom. The summed E-state index contributed by atoms with van der Waals surface area (Å²) in [6.07, 6.45) is 1.86. The Morgan fingerprint density at radius 3 is 2.81 bits per heavy atom. The number of hydrogen-bond acceptors (Lipinski definition) is 5. The molecule has 1 saturated heterocycles. The summed E-state index contributed by atoms with van der Waals surface area (Å²) in [6, 6.07) is 10.5. The molecule has 1 atom stereocenters. The minimum Gasteiger partial charge on any atom is -0.497 e. The minimum atomic E-state index is -0.279. The van der Waals surface area contributed by atoms with Crippen molar-refractivity contribution in [1.82, 2.24) is 0 Å². The van der Waals surface area contributed by atoms with Crippen LogP contribution >= 0.6 is 0 Å². The van der Waals surface area contributed by atoms with Crippen molar-refractivity contribution in [2.24, 2.45) is 0 Å². The first-order valence-corrected chi connectivity index (χ1v) is 8.85. The van der Waals surface area contributed by atoms with Gasteiger partial charge in [0.15, 0.2) is 0 Å². The maximum absolute atomic E-state index is 12.7. The van der Waals surface area contributed by atoms with Gasteiger partial charge in [-0.2, -0.15) is 0 Å². The molecule has 0 bridgehead atoms. The Hall–Kier alpha value is -3.22. The molecule has 4 rings (SSSR count). The Balaban J connectivity index is 1.59. The molecule has 2 aromatic rings. The molecule has 2 heterocycles. The molecule has 0 aromatic heterocycles. The van der Waals surface area contributed by atoms with Crippen molar-refractivity contribution in [3.63, 3.8) is 0 Å². The number of carbonyl (C=O) groups excluding carboxylic acids is 2. The van der Waals surface area contributed by atoms with E-state index < -0.39 is 0 Å². The number of nitrogens with one attached hydrogen (secondary N) is 2. The van der Waals surface area contributed by atoms with Gasteiger partial charge in [0.05, 0.1) is 31.3 Å². The molecule has 7 heteroatoms. The lowest BCUT2D eigenvalue weighted by molar-refractivity contribution is -0.117. The second-order valence-electron chi connectivity index (χ2n) is 6.59. The van der Waals surface area contributed by atoms with E-state index in [1.807, 2.05) is 6.07 Å². The summed E-state index contributed by atoms with van der Waals surface area (Å²) in [5, 5.41) is 5.77. The Bertz CT molecular complexity index is 912. The van der Waals surface area contributed by atoms with E-state index in [0.29, 0.717) is 28.4 Å². The number of anilines is 3. The fraction of sp³-hybridized carbons (Fsp3) is 0.300. The Morgan fingerprint density at radius 1 is 1.19 bits per heavy atom. The lowest BCUT2D eigenvalue weighted by atomic mass is 10.1. The van der Waals surface area contributed by atoms with Gasteiger partial charge in [-0.15, -0.1) is 0 Å². The van der Waals surface area contributed by atoms with E-state index in [1.54, 1.807) is 37.4 Å². The quantitative estimate of drug-likeness (QED) is 0.869. The van der Waals surface area contributed by atoms with Crippen molar-refractivity contribution in [3.05, 3.63) is 42.0 Å². The van der Waals surface area contributed by atoms with E-state index in [1.165, 1.54) is 7.11 Å². The molecule has 0 radical (unpaired) electrons. The predicted molar refractivity (Wildman–Crippen MR) is 103 cm³/mol. The molecular formula is C20H21N3O4. The minimum absolute atomic E-state index is 0.00520. The lowest BCUT2D eigenvalue weighted by Gasteiger charge is -2.33. The molecular weight excluding hydrogens is 346 g/mol. The van der Waals surface area contributed by atoms with Crippen molar-refractivity contribution in [2.45, 2.75) is 18.9 Å². The highest BCUT2D eigenvalue weighted by atomic mass is 16.5. The smallest absolute Gasteiger partial charge is 0.255 e. The summed E-state index contributed by atoms with van der Waals surface area (Å²) < 4.78 is 10.5. The van der Waals surface area contributed by atoms with Crippen LogP contribution in [0.5, 0.6) is 11.5 Å². The first kappa shape index (κ1) is 17.2. The van der Waals surface area contributed by atoms with E-state index in [4.69, 9.17) is 9.47 Å². The molecule has 0 spiro atoms. The number of methoxy groups -OCH3 is 2. The molecule has 27 heavy (non-hydrogen) atoms. The van der Waals surface area contributed by atoms with Crippen LogP contribution in [0, 0.1) is 0 Å². The van der Waals surface area contributed by atoms with Crippen LogP contribution in [-0.4, -0.2) is 38.6 Å². The summed E-state index contributed by atoms with van der Waals surface area (Å²) in [4.78, 5) is 27.1. The molecule has 2 aliphatic heterocycles. The number of ether oxygens (including phenoxy) is 2. The van der Waals surface area contributed by atoms with Crippen molar-refractivity contribution in [1.29, 1.82) is 0 Å². The van der Waals surface area contributed by atoms with Gasteiger partial charge in [-0.3, -0.25) is 9.59 Å². The van der Waals surface area contributed by atoms with Crippen LogP contribution in [0.15, 0.2) is 36.4 Å². The van der Waals surface area contributed by atoms with Crippen molar-refractivity contribution < 1.29 is 19.1 Å². The first-order valence-electron chi connectivity index (χ1n) is 8.85. The zero-order chi connectivity index (χ0) is 19.0. The standard InChI is InChI=1S/C20H21N3O4/c1-26-13-6-7-14(18(11-13)27-2)21-19(24)12-5-8-16-15(10-12)22-20(25)17-4-3-9-23(16)17/h5-8,10-11,17H,3-4,9H2,1-2H3,(H,21,24)(H,22,25)/t17-/m0/s1. The molecule has 0 unspecified atom stereocenters. The number of rotatable bonds is 4. The van der Waals surface area contributed by atoms with E-state index >= 15 is 0 Å². The number of nitrogens with zero attached hydrogens (tertiary/aromatic N) is 1. The fourth-order valence-corrected chi connectivity index (χ4v) is 3.67. The van der Waals surface area contributed by atoms with Crippen LogP contribution in [0.1, 0.15) is 23.2 Å². The van der Waals surface area contributed by atoms with Gasteiger partial charge in [-0.1, -0.05) is 0 Å². The summed E-state index contributed by atoms with van der Waals surface area (Å²) in [6.45, 7) is 0.861. The molecule has 2 aromatic carbocycles. The average Bonchev–Trinajstić information content (AvgIpc) is 3.18.